The van der Waals surface area contributed by atoms with Gasteiger partial charge in [-0.1, -0.05) is 0 Å². The molecule has 0 saturated carbocycles. The summed E-state index contributed by atoms with van der Waals surface area (Å²) in [6.07, 6.45) is 3.00. The maximum absolute atomic E-state index is 11.1. The van der Waals surface area contributed by atoms with E-state index in [1.165, 1.54) is 6.07 Å². The minimum Gasteiger partial charge on any atom is -0.391 e. The van der Waals surface area contributed by atoms with E-state index in [1.807, 2.05) is 4.90 Å². The number of aromatic nitrogens is 1. The van der Waals surface area contributed by atoms with Gasteiger partial charge in [0.05, 0.1) is 22.1 Å². The Bertz CT molecular complexity index is 659. The van der Waals surface area contributed by atoms with Gasteiger partial charge in [-0.25, -0.2) is 0 Å². The van der Waals surface area contributed by atoms with Gasteiger partial charge in [-0.3, -0.25) is 15.1 Å². The highest BCUT2D eigenvalue weighted by Crippen LogP contribution is 2.33. The average Bonchev–Trinajstić information content (AvgIpc) is 2.46. The Hall–Kier alpha value is -2.21. The molecular formula is C14H15N3O3. The van der Waals surface area contributed by atoms with Crippen LogP contribution in [0.25, 0.3) is 10.9 Å². The number of nitrogens with zero attached hydrogens (tertiary/aromatic N) is 3. The fraction of sp³-hybridized carbons (Fsp3) is 0.357. The van der Waals surface area contributed by atoms with E-state index in [9.17, 15) is 15.2 Å². The molecule has 0 radical (unpaired) electrons. The van der Waals surface area contributed by atoms with Crippen molar-refractivity contribution in [3.63, 3.8) is 0 Å². The summed E-state index contributed by atoms with van der Waals surface area (Å²) < 4.78 is 0. The van der Waals surface area contributed by atoms with Crippen LogP contribution < -0.4 is 4.90 Å². The van der Waals surface area contributed by atoms with Crippen molar-refractivity contribution in [1.82, 2.24) is 4.98 Å². The first-order valence-electron chi connectivity index (χ1n) is 6.62. The number of rotatable bonds is 2. The highest BCUT2D eigenvalue weighted by molar-refractivity contribution is 5.97. The first-order chi connectivity index (χ1) is 9.66. The van der Waals surface area contributed by atoms with Crippen molar-refractivity contribution in [2.75, 3.05) is 18.0 Å². The second kappa shape index (κ2) is 5.05. The van der Waals surface area contributed by atoms with Gasteiger partial charge < -0.3 is 10.0 Å². The predicted molar refractivity (Wildman–Crippen MR) is 75.9 cm³/mol. The minimum atomic E-state index is -0.390. The summed E-state index contributed by atoms with van der Waals surface area (Å²) in [4.78, 5) is 17.0. The summed E-state index contributed by atoms with van der Waals surface area (Å²) in [6.45, 7) is 1.38. The fourth-order valence-corrected chi connectivity index (χ4v) is 2.73. The van der Waals surface area contributed by atoms with Crippen LogP contribution in [0.5, 0.6) is 0 Å². The largest absolute Gasteiger partial charge is 0.391 e. The zero-order valence-corrected chi connectivity index (χ0v) is 10.9. The number of nitro benzene ring substituents is 1. The lowest BCUT2D eigenvalue weighted by atomic mass is 10.1. The van der Waals surface area contributed by atoms with E-state index >= 15 is 0 Å². The normalized spacial score (nSPS) is 19.2. The Morgan fingerprint density at radius 1 is 1.40 bits per heavy atom. The van der Waals surface area contributed by atoms with Gasteiger partial charge in [0.1, 0.15) is 5.52 Å². The molecule has 1 aliphatic rings. The second-order valence-electron chi connectivity index (χ2n) is 5.00. The van der Waals surface area contributed by atoms with Crippen LogP contribution in [0.15, 0.2) is 30.5 Å². The Morgan fingerprint density at radius 2 is 2.25 bits per heavy atom. The summed E-state index contributed by atoms with van der Waals surface area (Å²) in [6, 6.07) is 6.65. The molecule has 1 aliphatic heterocycles. The number of anilines is 1. The van der Waals surface area contributed by atoms with E-state index in [4.69, 9.17) is 0 Å². The van der Waals surface area contributed by atoms with E-state index in [2.05, 4.69) is 4.98 Å². The SMILES string of the molecule is O=[N+]([O-])c1ccc(N2CCC[C@@H](O)C2)c2ncccc12. The van der Waals surface area contributed by atoms with Crippen LogP contribution in [0.3, 0.4) is 0 Å². The molecule has 3 rings (SSSR count). The Labute approximate surface area is 115 Å². The van der Waals surface area contributed by atoms with Crippen LogP contribution in [-0.4, -0.2) is 34.2 Å². The summed E-state index contributed by atoms with van der Waals surface area (Å²) in [5.41, 5.74) is 1.54. The molecule has 1 N–H and O–H groups in total. The van der Waals surface area contributed by atoms with Crippen molar-refractivity contribution in [3.8, 4) is 0 Å². The number of β-amino-alcohol motifs (C(OH)–C–C–N with tert-alkyl or cyclic N) is 1. The molecule has 2 aromatic rings. The predicted octanol–water partition coefficient (Wildman–Crippen LogP) is 2.10. The zero-order chi connectivity index (χ0) is 14.1. The van der Waals surface area contributed by atoms with E-state index in [1.54, 1.807) is 24.4 Å². The van der Waals surface area contributed by atoms with Crippen molar-refractivity contribution in [2.45, 2.75) is 18.9 Å². The minimum absolute atomic E-state index is 0.0643. The summed E-state index contributed by atoms with van der Waals surface area (Å²) in [5, 5.41) is 21.4. The van der Waals surface area contributed by atoms with Crippen LogP contribution in [-0.2, 0) is 0 Å². The van der Waals surface area contributed by atoms with Crippen LogP contribution >= 0.6 is 0 Å². The van der Waals surface area contributed by atoms with Gasteiger partial charge in [-0.2, -0.15) is 0 Å². The van der Waals surface area contributed by atoms with E-state index in [0.717, 1.165) is 25.1 Å². The quantitative estimate of drug-likeness (QED) is 0.669. The molecule has 0 aliphatic carbocycles. The van der Waals surface area contributed by atoms with E-state index < -0.39 is 4.92 Å². The van der Waals surface area contributed by atoms with Gasteiger partial charge in [0.25, 0.3) is 5.69 Å². The topological polar surface area (TPSA) is 79.5 Å². The number of hydrogen-bond acceptors (Lipinski definition) is 5. The third-order valence-electron chi connectivity index (χ3n) is 3.66. The van der Waals surface area contributed by atoms with Crippen LogP contribution in [0.1, 0.15) is 12.8 Å². The molecule has 1 fully saturated rings. The number of hydrogen-bond donors (Lipinski definition) is 1. The van der Waals surface area contributed by atoms with Crippen molar-refractivity contribution >= 4 is 22.3 Å². The second-order valence-corrected chi connectivity index (χ2v) is 5.00. The lowest BCUT2D eigenvalue weighted by Gasteiger charge is -2.32. The first-order valence-corrected chi connectivity index (χ1v) is 6.62. The number of non-ortho nitro benzene ring substituents is 1. The van der Waals surface area contributed by atoms with Crippen molar-refractivity contribution < 1.29 is 10.0 Å². The molecule has 104 valence electrons. The molecular weight excluding hydrogens is 258 g/mol. The number of aliphatic hydroxyl groups is 1. The number of benzene rings is 1. The van der Waals surface area contributed by atoms with Crippen LogP contribution in [0, 0.1) is 10.1 Å². The third-order valence-corrected chi connectivity index (χ3v) is 3.66. The number of nitro groups is 1. The third kappa shape index (κ3) is 2.18. The summed E-state index contributed by atoms with van der Waals surface area (Å²) in [7, 11) is 0. The Balaban J connectivity index is 2.12. The summed E-state index contributed by atoms with van der Waals surface area (Å²) >= 11 is 0. The van der Waals surface area contributed by atoms with Gasteiger partial charge >= 0.3 is 0 Å². The summed E-state index contributed by atoms with van der Waals surface area (Å²) in [5.74, 6) is 0. The molecule has 1 atom stereocenters. The number of fused-ring (bicyclic) bond motifs is 1. The van der Waals surface area contributed by atoms with Gasteiger partial charge in [0.15, 0.2) is 0 Å². The number of pyridine rings is 1. The Kier molecular flexibility index (Phi) is 3.23. The molecule has 6 nitrogen and oxygen atoms in total. The zero-order valence-electron chi connectivity index (χ0n) is 10.9. The monoisotopic (exact) mass is 273 g/mol. The standard InChI is InChI=1S/C14H15N3O3/c18-10-3-2-8-16(9-10)13-6-5-12(17(19)20)11-4-1-7-15-14(11)13/h1,4-7,10,18H,2-3,8-9H2/t10-/m1/s1. The molecule has 1 aromatic heterocycles. The maximum atomic E-state index is 11.1. The molecule has 1 saturated heterocycles. The molecule has 20 heavy (non-hydrogen) atoms. The highest BCUT2D eigenvalue weighted by Gasteiger charge is 2.22. The van der Waals surface area contributed by atoms with Gasteiger partial charge in [0.2, 0.25) is 0 Å². The average molecular weight is 273 g/mol. The maximum Gasteiger partial charge on any atom is 0.278 e. The molecule has 0 spiro atoms. The lowest BCUT2D eigenvalue weighted by molar-refractivity contribution is -0.383. The highest BCUT2D eigenvalue weighted by atomic mass is 16.6. The molecule has 1 aromatic carbocycles. The molecule has 2 heterocycles. The number of aliphatic hydroxyl groups excluding tert-OH is 1. The van der Waals surface area contributed by atoms with Crippen LogP contribution in [0.4, 0.5) is 11.4 Å². The van der Waals surface area contributed by atoms with E-state index in [-0.39, 0.29) is 11.8 Å². The van der Waals surface area contributed by atoms with Crippen molar-refractivity contribution in [2.24, 2.45) is 0 Å². The van der Waals surface area contributed by atoms with Crippen molar-refractivity contribution in [3.05, 3.63) is 40.6 Å². The molecule has 0 bridgehead atoms. The fourth-order valence-electron chi connectivity index (χ4n) is 2.73. The van der Waals surface area contributed by atoms with Gasteiger partial charge in [0, 0.05) is 25.4 Å². The smallest absolute Gasteiger partial charge is 0.278 e. The molecule has 6 heteroatoms. The van der Waals surface area contributed by atoms with Gasteiger partial charge in [-0.15, -0.1) is 0 Å². The van der Waals surface area contributed by atoms with Crippen molar-refractivity contribution in [1.29, 1.82) is 0 Å². The van der Waals surface area contributed by atoms with E-state index in [0.29, 0.717) is 17.4 Å². The Morgan fingerprint density at radius 3 is 3.00 bits per heavy atom. The first kappa shape index (κ1) is 12.8. The lowest BCUT2D eigenvalue weighted by Crippen LogP contribution is -2.38. The molecule has 0 unspecified atom stereocenters. The van der Waals surface area contributed by atoms with Crippen LogP contribution in [0.2, 0.25) is 0 Å². The van der Waals surface area contributed by atoms with Gasteiger partial charge in [-0.05, 0) is 31.0 Å². The number of piperidine rings is 1. The molecule has 0 amide bonds.